The molecule has 0 aliphatic rings. The lowest BCUT2D eigenvalue weighted by molar-refractivity contribution is 0.0656. The van der Waals surface area contributed by atoms with Crippen molar-refractivity contribution in [3.05, 3.63) is 16.6 Å². The van der Waals surface area contributed by atoms with E-state index in [0.717, 1.165) is 12.8 Å². The third-order valence-corrected chi connectivity index (χ3v) is 3.07. The summed E-state index contributed by atoms with van der Waals surface area (Å²) in [6.45, 7) is 2.09. The van der Waals surface area contributed by atoms with Crippen molar-refractivity contribution in [3.63, 3.8) is 0 Å². The lowest BCUT2D eigenvalue weighted by Gasteiger charge is -2.23. The van der Waals surface area contributed by atoms with Gasteiger partial charge in [0.25, 0.3) is 0 Å². The second-order valence-electron chi connectivity index (χ2n) is 3.13. The van der Waals surface area contributed by atoms with Crippen LogP contribution < -0.4 is 11.3 Å². The molecule has 1 aromatic heterocycles. The Balaban J connectivity index is 2.53. The first-order valence-corrected chi connectivity index (χ1v) is 5.56. The summed E-state index contributed by atoms with van der Waals surface area (Å²) >= 11 is 1.64. The molecule has 14 heavy (non-hydrogen) atoms. The SMILES string of the molecule is CCC(OC)C(Cc1cncs1)NN. The van der Waals surface area contributed by atoms with Crippen molar-refractivity contribution >= 4 is 11.3 Å². The molecular weight excluding hydrogens is 198 g/mol. The average molecular weight is 215 g/mol. The number of hydrogen-bond acceptors (Lipinski definition) is 5. The van der Waals surface area contributed by atoms with E-state index >= 15 is 0 Å². The molecule has 80 valence electrons. The number of rotatable bonds is 6. The Kier molecular flexibility index (Phi) is 5.03. The molecule has 1 aromatic rings. The van der Waals surface area contributed by atoms with Crippen molar-refractivity contribution < 1.29 is 4.74 Å². The summed E-state index contributed by atoms with van der Waals surface area (Å²) in [6.07, 6.45) is 3.84. The highest BCUT2D eigenvalue weighted by molar-refractivity contribution is 7.09. The van der Waals surface area contributed by atoms with Gasteiger partial charge in [-0.3, -0.25) is 16.3 Å². The van der Waals surface area contributed by atoms with Gasteiger partial charge in [-0.15, -0.1) is 11.3 Å². The highest BCUT2D eigenvalue weighted by Crippen LogP contribution is 2.13. The Morgan fingerprint density at radius 3 is 2.93 bits per heavy atom. The lowest BCUT2D eigenvalue weighted by atomic mass is 10.1. The summed E-state index contributed by atoms with van der Waals surface area (Å²) < 4.78 is 5.34. The van der Waals surface area contributed by atoms with E-state index in [0.29, 0.717) is 0 Å². The number of nitrogens with two attached hydrogens (primary N) is 1. The van der Waals surface area contributed by atoms with Crippen LogP contribution in [0.3, 0.4) is 0 Å². The Morgan fingerprint density at radius 2 is 2.50 bits per heavy atom. The van der Waals surface area contributed by atoms with Gasteiger partial charge in [-0.25, -0.2) is 0 Å². The summed E-state index contributed by atoms with van der Waals surface area (Å²) in [7, 11) is 1.71. The zero-order valence-electron chi connectivity index (χ0n) is 8.56. The minimum absolute atomic E-state index is 0.155. The van der Waals surface area contributed by atoms with Crippen LogP contribution in [0, 0.1) is 0 Å². The Morgan fingerprint density at radius 1 is 1.71 bits per heavy atom. The van der Waals surface area contributed by atoms with Gasteiger partial charge in [-0.1, -0.05) is 6.92 Å². The van der Waals surface area contributed by atoms with Crippen LogP contribution in [0.25, 0.3) is 0 Å². The average Bonchev–Trinajstić information content (AvgIpc) is 2.70. The molecule has 1 heterocycles. The summed E-state index contributed by atoms with van der Waals surface area (Å²) in [5.74, 6) is 5.50. The third kappa shape index (κ3) is 3.02. The van der Waals surface area contributed by atoms with E-state index in [1.807, 2.05) is 11.7 Å². The standard InChI is InChI=1S/C9H17N3OS/c1-3-9(13-2)8(12-10)4-7-5-11-6-14-7/h5-6,8-9,12H,3-4,10H2,1-2H3. The molecule has 0 saturated heterocycles. The van der Waals surface area contributed by atoms with Crippen molar-refractivity contribution in [3.8, 4) is 0 Å². The first kappa shape index (κ1) is 11.6. The number of hydrazine groups is 1. The molecule has 0 amide bonds. The second kappa shape index (κ2) is 6.08. The molecule has 3 N–H and O–H groups in total. The van der Waals surface area contributed by atoms with Crippen LogP contribution in [0.15, 0.2) is 11.7 Å². The van der Waals surface area contributed by atoms with Crippen molar-refractivity contribution in [1.82, 2.24) is 10.4 Å². The van der Waals surface area contributed by atoms with Crippen LogP contribution in [-0.4, -0.2) is 24.2 Å². The summed E-state index contributed by atoms with van der Waals surface area (Å²) in [4.78, 5) is 5.26. The van der Waals surface area contributed by atoms with Gasteiger partial charge in [0, 0.05) is 24.6 Å². The molecule has 0 radical (unpaired) electrons. The number of thiazole rings is 1. The third-order valence-electron chi connectivity index (χ3n) is 2.27. The maximum absolute atomic E-state index is 5.50. The summed E-state index contributed by atoms with van der Waals surface area (Å²) in [5.41, 5.74) is 4.63. The van der Waals surface area contributed by atoms with E-state index in [2.05, 4.69) is 17.3 Å². The normalized spacial score (nSPS) is 15.4. The van der Waals surface area contributed by atoms with E-state index in [9.17, 15) is 0 Å². The van der Waals surface area contributed by atoms with E-state index in [4.69, 9.17) is 10.6 Å². The molecule has 5 heteroatoms. The highest BCUT2D eigenvalue weighted by atomic mass is 32.1. The fourth-order valence-corrected chi connectivity index (χ4v) is 2.13. The predicted molar refractivity (Wildman–Crippen MR) is 58.0 cm³/mol. The largest absolute Gasteiger partial charge is 0.380 e. The second-order valence-corrected chi connectivity index (χ2v) is 4.10. The van der Waals surface area contributed by atoms with Crippen LogP contribution in [0.2, 0.25) is 0 Å². The van der Waals surface area contributed by atoms with Gasteiger partial charge in [0.2, 0.25) is 0 Å². The first-order chi connectivity index (χ1) is 6.81. The fourth-order valence-electron chi connectivity index (χ4n) is 1.47. The molecular formula is C9H17N3OS. The number of nitrogens with zero attached hydrogens (tertiary/aromatic N) is 1. The molecule has 1 rings (SSSR count). The van der Waals surface area contributed by atoms with Gasteiger partial charge in [0.15, 0.2) is 0 Å². The number of methoxy groups -OCH3 is 1. The summed E-state index contributed by atoms with van der Waals surface area (Å²) in [5, 5.41) is 0. The number of aromatic nitrogens is 1. The molecule has 0 spiro atoms. The van der Waals surface area contributed by atoms with Gasteiger partial charge >= 0.3 is 0 Å². The highest BCUT2D eigenvalue weighted by Gasteiger charge is 2.18. The predicted octanol–water partition coefficient (Wildman–Crippen LogP) is 0.942. The van der Waals surface area contributed by atoms with Gasteiger partial charge in [-0.05, 0) is 6.42 Å². The quantitative estimate of drug-likeness (QED) is 0.548. The molecule has 2 atom stereocenters. The smallest absolute Gasteiger partial charge is 0.0794 e. The van der Waals surface area contributed by atoms with Crippen molar-refractivity contribution in [2.75, 3.05) is 7.11 Å². The zero-order chi connectivity index (χ0) is 10.4. The molecule has 0 saturated carbocycles. The van der Waals surface area contributed by atoms with E-state index in [1.54, 1.807) is 18.4 Å². The van der Waals surface area contributed by atoms with Crippen LogP contribution in [0.4, 0.5) is 0 Å². The monoisotopic (exact) mass is 215 g/mol. The molecule has 0 aliphatic carbocycles. The maximum atomic E-state index is 5.50. The lowest BCUT2D eigenvalue weighted by Crippen LogP contribution is -2.45. The summed E-state index contributed by atoms with van der Waals surface area (Å²) in [6, 6.07) is 0.158. The van der Waals surface area contributed by atoms with Gasteiger partial charge < -0.3 is 4.74 Å². The van der Waals surface area contributed by atoms with E-state index in [1.165, 1.54) is 4.88 Å². The molecule has 0 aromatic carbocycles. The first-order valence-electron chi connectivity index (χ1n) is 4.68. The zero-order valence-corrected chi connectivity index (χ0v) is 9.38. The van der Waals surface area contributed by atoms with Crippen LogP contribution in [-0.2, 0) is 11.2 Å². The van der Waals surface area contributed by atoms with Crippen LogP contribution in [0.1, 0.15) is 18.2 Å². The number of nitrogens with one attached hydrogen (secondary N) is 1. The Hall–Kier alpha value is -0.490. The molecule has 0 fully saturated rings. The molecule has 4 nitrogen and oxygen atoms in total. The molecule has 2 unspecified atom stereocenters. The van der Waals surface area contributed by atoms with Gasteiger partial charge in [-0.2, -0.15) is 0 Å². The van der Waals surface area contributed by atoms with Crippen molar-refractivity contribution in [2.45, 2.75) is 31.9 Å². The van der Waals surface area contributed by atoms with Crippen LogP contribution in [0.5, 0.6) is 0 Å². The minimum Gasteiger partial charge on any atom is -0.380 e. The Bertz CT molecular complexity index is 236. The van der Waals surface area contributed by atoms with Gasteiger partial charge in [0.1, 0.15) is 0 Å². The van der Waals surface area contributed by atoms with E-state index < -0.39 is 0 Å². The maximum Gasteiger partial charge on any atom is 0.0794 e. The number of hydrogen-bond donors (Lipinski definition) is 2. The minimum atomic E-state index is 0.155. The Labute approximate surface area is 88.5 Å². The molecule has 0 aliphatic heterocycles. The van der Waals surface area contributed by atoms with Gasteiger partial charge in [0.05, 0.1) is 17.7 Å². The topological polar surface area (TPSA) is 60.2 Å². The van der Waals surface area contributed by atoms with E-state index in [-0.39, 0.29) is 12.1 Å². The van der Waals surface area contributed by atoms with Crippen molar-refractivity contribution in [2.24, 2.45) is 5.84 Å². The number of ether oxygens (including phenoxy) is 1. The molecule has 0 bridgehead atoms. The fraction of sp³-hybridized carbons (Fsp3) is 0.667. The van der Waals surface area contributed by atoms with Crippen LogP contribution >= 0.6 is 11.3 Å². The van der Waals surface area contributed by atoms with Crippen molar-refractivity contribution in [1.29, 1.82) is 0 Å².